The van der Waals surface area contributed by atoms with Crippen LogP contribution >= 0.6 is 11.3 Å². The molecule has 0 aliphatic carbocycles. The van der Waals surface area contributed by atoms with E-state index in [4.69, 9.17) is 4.74 Å². The molecule has 1 atom stereocenters. The molecule has 2 nitrogen and oxygen atoms in total. The van der Waals surface area contributed by atoms with Gasteiger partial charge in [-0.25, -0.2) is 0 Å². The molecule has 0 radical (unpaired) electrons. The molecule has 1 aliphatic rings. The molecule has 2 heterocycles. The maximum atomic E-state index is 12.6. The first-order valence-electron chi connectivity index (χ1n) is 6.44. The Balaban J connectivity index is 2.29. The Kier molecular flexibility index (Phi) is 3.19. The first-order chi connectivity index (χ1) is 8.12. The standard InChI is InChI=1S/C15H22O2S/c1-9-7-12(18-10(9)2)13(16)11-8-14(3,4)17-15(11,5)6/h7,11H,8H2,1-6H3. The predicted octanol–water partition coefficient (Wildman–Crippen LogP) is 4.14. The average molecular weight is 266 g/mol. The number of ketones is 1. The van der Waals surface area contributed by atoms with Crippen LogP contribution < -0.4 is 0 Å². The van der Waals surface area contributed by atoms with Crippen molar-refractivity contribution in [3.63, 3.8) is 0 Å². The van der Waals surface area contributed by atoms with Crippen LogP contribution in [0.4, 0.5) is 0 Å². The molecular weight excluding hydrogens is 244 g/mol. The molecule has 1 aromatic heterocycles. The summed E-state index contributed by atoms with van der Waals surface area (Å²) in [5, 5.41) is 0. The molecule has 0 N–H and O–H groups in total. The number of hydrogen-bond acceptors (Lipinski definition) is 3. The summed E-state index contributed by atoms with van der Waals surface area (Å²) in [6.45, 7) is 12.3. The maximum Gasteiger partial charge on any atom is 0.178 e. The summed E-state index contributed by atoms with van der Waals surface area (Å²) >= 11 is 1.61. The van der Waals surface area contributed by atoms with Gasteiger partial charge in [-0.2, -0.15) is 0 Å². The fourth-order valence-electron chi connectivity index (χ4n) is 2.84. The molecule has 1 aliphatic heterocycles. The Labute approximate surface area is 113 Å². The summed E-state index contributed by atoms with van der Waals surface area (Å²) in [5.41, 5.74) is 0.636. The molecule has 3 heteroatoms. The number of carbonyl (C=O) groups is 1. The van der Waals surface area contributed by atoms with Crippen LogP contribution in [0.5, 0.6) is 0 Å². The lowest BCUT2D eigenvalue weighted by atomic mass is 9.83. The van der Waals surface area contributed by atoms with E-state index in [-0.39, 0.29) is 22.9 Å². The third kappa shape index (κ3) is 2.39. The number of carbonyl (C=O) groups excluding carboxylic acids is 1. The van der Waals surface area contributed by atoms with Gasteiger partial charge in [0.2, 0.25) is 0 Å². The van der Waals surface area contributed by atoms with Crippen LogP contribution in [-0.4, -0.2) is 17.0 Å². The number of hydrogen-bond donors (Lipinski definition) is 0. The average Bonchev–Trinajstić information content (AvgIpc) is 2.63. The van der Waals surface area contributed by atoms with Crippen LogP contribution in [0.3, 0.4) is 0 Å². The molecule has 2 rings (SSSR count). The third-order valence-corrected chi connectivity index (χ3v) is 4.97. The largest absolute Gasteiger partial charge is 0.369 e. The van der Waals surface area contributed by atoms with Gasteiger partial charge >= 0.3 is 0 Å². The molecule has 0 bridgehead atoms. The molecule has 18 heavy (non-hydrogen) atoms. The first kappa shape index (κ1) is 13.8. The van der Waals surface area contributed by atoms with Crippen LogP contribution in [-0.2, 0) is 4.74 Å². The van der Waals surface area contributed by atoms with Crippen molar-refractivity contribution in [1.82, 2.24) is 0 Å². The minimum atomic E-state index is -0.369. The zero-order chi connectivity index (χ0) is 13.7. The topological polar surface area (TPSA) is 26.3 Å². The molecule has 1 aromatic rings. The van der Waals surface area contributed by atoms with Crippen LogP contribution in [0.1, 0.15) is 54.2 Å². The fourth-order valence-corrected chi connectivity index (χ4v) is 3.87. The smallest absolute Gasteiger partial charge is 0.178 e. The first-order valence-corrected chi connectivity index (χ1v) is 7.25. The van der Waals surface area contributed by atoms with Crippen LogP contribution in [0, 0.1) is 19.8 Å². The summed E-state index contributed by atoms with van der Waals surface area (Å²) in [7, 11) is 0. The number of ether oxygens (including phenoxy) is 1. The van der Waals surface area contributed by atoms with Gasteiger partial charge in [0, 0.05) is 4.88 Å². The lowest BCUT2D eigenvalue weighted by Crippen LogP contribution is -2.33. The summed E-state index contributed by atoms with van der Waals surface area (Å²) in [6, 6.07) is 2.02. The third-order valence-electron chi connectivity index (χ3n) is 3.80. The van der Waals surface area contributed by atoms with E-state index in [2.05, 4.69) is 27.7 Å². The van der Waals surface area contributed by atoms with Gasteiger partial charge in [0.25, 0.3) is 0 Å². The van der Waals surface area contributed by atoms with E-state index in [1.807, 2.05) is 19.9 Å². The second-order valence-corrected chi connectivity index (χ2v) is 7.69. The normalized spacial score (nSPS) is 25.3. The van der Waals surface area contributed by atoms with Crippen molar-refractivity contribution in [2.75, 3.05) is 0 Å². The molecule has 0 saturated carbocycles. The Bertz CT molecular complexity index is 463. The Hall–Kier alpha value is -0.670. The van der Waals surface area contributed by atoms with Crippen molar-refractivity contribution >= 4 is 17.1 Å². The van der Waals surface area contributed by atoms with Crippen LogP contribution in [0.25, 0.3) is 0 Å². The zero-order valence-electron chi connectivity index (χ0n) is 12.1. The van der Waals surface area contributed by atoms with E-state index in [0.717, 1.165) is 11.3 Å². The lowest BCUT2D eigenvalue weighted by molar-refractivity contribution is -0.0712. The van der Waals surface area contributed by atoms with Gasteiger partial charge in [0.05, 0.1) is 22.0 Å². The molecule has 0 spiro atoms. The second-order valence-electron chi connectivity index (χ2n) is 6.44. The van der Waals surface area contributed by atoms with Gasteiger partial charge in [-0.15, -0.1) is 11.3 Å². The highest BCUT2D eigenvalue weighted by atomic mass is 32.1. The van der Waals surface area contributed by atoms with E-state index >= 15 is 0 Å². The van der Waals surface area contributed by atoms with E-state index < -0.39 is 0 Å². The van der Waals surface area contributed by atoms with E-state index in [1.54, 1.807) is 11.3 Å². The maximum absolute atomic E-state index is 12.6. The summed E-state index contributed by atoms with van der Waals surface area (Å²) in [5.74, 6) is 0.205. The van der Waals surface area contributed by atoms with Crippen molar-refractivity contribution in [2.45, 2.75) is 59.2 Å². The summed E-state index contributed by atoms with van der Waals surface area (Å²) < 4.78 is 6.01. The fraction of sp³-hybridized carbons (Fsp3) is 0.667. The van der Waals surface area contributed by atoms with Gasteiger partial charge in [-0.3, -0.25) is 4.79 Å². The SMILES string of the molecule is Cc1cc(C(=O)C2CC(C)(C)OC2(C)C)sc1C. The number of aryl methyl sites for hydroxylation is 2. The Morgan fingerprint density at radius 3 is 2.33 bits per heavy atom. The predicted molar refractivity (Wildman–Crippen MR) is 75.5 cm³/mol. The van der Waals surface area contributed by atoms with Crippen molar-refractivity contribution in [2.24, 2.45) is 5.92 Å². The zero-order valence-corrected chi connectivity index (χ0v) is 12.9. The van der Waals surface area contributed by atoms with E-state index in [9.17, 15) is 4.79 Å². The summed E-state index contributed by atoms with van der Waals surface area (Å²) in [6.07, 6.45) is 0.800. The van der Waals surface area contributed by atoms with Crippen LogP contribution in [0.2, 0.25) is 0 Å². The molecule has 0 aromatic carbocycles. The Morgan fingerprint density at radius 1 is 1.33 bits per heavy atom. The summed E-state index contributed by atoms with van der Waals surface area (Å²) in [4.78, 5) is 14.8. The molecule has 1 saturated heterocycles. The van der Waals surface area contributed by atoms with E-state index in [1.165, 1.54) is 10.4 Å². The minimum absolute atomic E-state index is 0.0371. The number of Topliss-reactive ketones (excluding diaryl/α,β-unsaturated/α-hetero) is 1. The quantitative estimate of drug-likeness (QED) is 0.752. The molecule has 0 amide bonds. The molecular formula is C15H22O2S. The Morgan fingerprint density at radius 2 is 1.94 bits per heavy atom. The molecule has 1 fully saturated rings. The molecule has 1 unspecified atom stereocenters. The van der Waals surface area contributed by atoms with Gasteiger partial charge in [0.15, 0.2) is 5.78 Å². The number of thiophene rings is 1. The van der Waals surface area contributed by atoms with Gasteiger partial charge in [0.1, 0.15) is 0 Å². The lowest BCUT2D eigenvalue weighted by Gasteiger charge is -2.26. The van der Waals surface area contributed by atoms with Gasteiger partial charge in [-0.1, -0.05) is 0 Å². The van der Waals surface area contributed by atoms with Gasteiger partial charge in [-0.05, 0) is 59.6 Å². The number of rotatable bonds is 2. The molecule has 100 valence electrons. The van der Waals surface area contributed by atoms with Crippen molar-refractivity contribution in [3.8, 4) is 0 Å². The van der Waals surface area contributed by atoms with E-state index in [0.29, 0.717) is 0 Å². The van der Waals surface area contributed by atoms with Crippen molar-refractivity contribution < 1.29 is 9.53 Å². The monoisotopic (exact) mass is 266 g/mol. The highest BCUT2D eigenvalue weighted by Crippen LogP contribution is 2.44. The second kappa shape index (κ2) is 4.17. The highest BCUT2D eigenvalue weighted by molar-refractivity contribution is 7.14. The van der Waals surface area contributed by atoms with Crippen molar-refractivity contribution in [1.29, 1.82) is 0 Å². The van der Waals surface area contributed by atoms with Gasteiger partial charge < -0.3 is 4.74 Å². The van der Waals surface area contributed by atoms with Crippen molar-refractivity contribution in [3.05, 3.63) is 21.4 Å². The highest BCUT2D eigenvalue weighted by Gasteiger charge is 2.49. The minimum Gasteiger partial charge on any atom is -0.369 e. The van der Waals surface area contributed by atoms with Crippen LogP contribution in [0.15, 0.2) is 6.07 Å².